The molecule has 0 aromatic heterocycles. The van der Waals surface area contributed by atoms with E-state index in [4.69, 9.17) is 0 Å². The standard InChI is InChI=1S/C23H28F3N3O2/c1-4-12-29(14-21(31)28-19-11-10-18(24)22(25)23(19)26)13-20(30)27-17-8-6-16(7-9-17)15(3)5-2/h6-11,15H,4-5,12-14H2,1-3H3,(H,27,30)(H,28,31). The summed E-state index contributed by atoms with van der Waals surface area (Å²) in [6, 6.07) is 9.29. The fraction of sp³-hybridized carbons (Fsp3) is 0.391. The largest absolute Gasteiger partial charge is 0.325 e. The molecule has 0 fully saturated rings. The summed E-state index contributed by atoms with van der Waals surface area (Å²) in [5.74, 6) is -4.95. The van der Waals surface area contributed by atoms with Crippen LogP contribution in [0.2, 0.25) is 0 Å². The number of amides is 2. The predicted octanol–water partition coefficient (Wildman–Crippen LogP) is 4.91. The van der Waals surface area contributed by atoms with E-state index in [1.54, 1.807) is 4.90 Å². The average molecular weight is 435 g/mol. The molecule has 0 saturated carbocycles. The Bertz CT molecular complexity index is 904. The third kappa shape index (κ3) is 7.10. The Balaban J connectivity index is 1.95. The van der Waals surface area contributed by atoms with Crippen molar-refractivity contribution in [2.24, 2.45) is 0 Å². The summed E-state index contributed by atoms with van der Waals surface area (Å²) in [5, 5.41) is 5.02. The van der Waals surface area contributed by atoms with Gasteiger partial charge in [0.1, 0.15) is 0 Å². The van der Waals surface area contributed by atoms with Gasteiger partial charge in [-0.05, 0) is 55.1 Å². The lowest BCUT2D eigenvalue weighted by Crippen LogP contribution is -2.39. The molecule has 2 aromatic carbocycles. The monoisotopic (exact) mass is 435 g/mol. The van der Waals surface area contributed by atoms with Crippen LogP contribution >= 0.6 is 0 Å². The molecule has 2 N–H and O–H groups in total. The van der Waals surface area contributed by atoms with E-state index in [-0.39, 0.29) is 19.0 Å². The molecule has 0 aliphatic rings. The molecule has 0 saturated heterocycles. The maximum Gasteiger partial charge on any atom is 0.238 e. The van der Waals surface area contributed by atoms with Gasteiger partial charge in [0, 0.05) is 5.69 Å². The Morgan fingerprint density at radius 2 is 1.52 bits per heavy atom. The number of anilines is 2. The first-order valence-corrected chi connectivity index (χ1v) is 10.3. The molecule has 0 bridgehead atoms. The van der Waals surface area contributed by atoms with Crippen LogP contribution in [0.1, 0.15) is 45.1 Å². The van der Waals surface area contributed by atoms with E-state index >= 15 is 0 Å². The first-order chi connectivity index (χ1) is 14.7. The Hall–Kier alpha value is -2.87. The zero-order chi connectivity index (χ0) is 23.0. The highest BCUT2D eigenvalue weighted by Crippen LogP contribution is 2.21. The number of rotatable bonds is 10. The molecule has 1 unspecified atom stereocenters. The molecule has 8 heteroatoms. The lowest BCUT2D eigenvalue weighted by molar-refractivity contribution is -0.120. The summed E-state index contributed by atoms with van der Waals surface area (Å²) in [7, 11) is 0. The smallest absolute Gasteiger partial charge is 0.238 e. The van der Waals surface area contributed by atoms with Crippen LogP contribution < -0.4 is 10.6 Å². The summed E-state index contributed by atoms with van der Waals surface area (Å²) in [4.78, 5) is 26.3. The van der Waals surface area contributed by atoms with E-state index < -0.39 is 29.0 Å². The van der Waals surface area contributed by atoms with Crippen molar-refractivity contribution in [1.82, 2.24) is 4.90 Å². The van der Waals surface area contributed by atoms with Gasteiger partial charge in [-0.25, -0.2) is 13.2 Å². The van der Waals surface area contributed by atoms with Gasteiger partial charge in [-0.3, -0.25) is 14.5 Å². The molecule has 0 aliphatic carbocycles. The summed E-state index contributed by atoms with van der Waals surface area (Å²) < 4.78 is 40.1. The second-order valence-corrected chi connectivity index (χ2v) is 7.46. The second kappa shape index (κ2) is 11.5. The Morgan fingerprint density at radius 3 is 2.10 bits per heavy atom. The Morgan fingerprint density at radius 1 is 0.903 bits per heavy atom. The van der Waals surface area contributed by atoms with Crippen LogP contribution in [-0.2, 0) is 9.59 Å². The predicted molar refractivity (Wildman–Crippen MR) is 115 cm³/mol. The normalized spacial score (nSPS) is 12.0. The third-order valence-electron chi connectivity index (χ3n) is 4.96. The molecule has 0 heterocycles. The van der Waals surface area contributed by atoms with Gasteiger partial charge >= 0.3 is 0 Å². The molecule has 0 spiro atoms. The van der Waals surface area contributed by atoms with E-state index in [2.05, 4.69) is 24.5 Å². The molecule has 0 radical (unpaired) electrons. The lowest BCUT2D eigenvalue weighted by atomic mass is 9.99. The quantitative estimate of drug-likeness (QED) is 0.522. The number of halogens is 3. The maximum atomic E-state index is 13.8. The molecular weight excluding hydrogens is 407 g/mol. The fourth-order valence-corrected chi connectivity index (χ4v) is 3.08. The Labute approximate surface area is 180 Å². The van der Waals surface area contributed by atoms with E-state index in [9.17, 15) is 22.8 Å². The first-order valence-electron chi connectivity index (χ1n) is 10.3. The molecule has 5 nitrogen and oxygen atoms in total. The van der Waals surface area contributed by atoms with Gasteiger partial charge in [0.25, 0.3) is 0 Å². The average Bonchev–Trinajstić information content (AvgIpc) is 2.74. The van der Waals surface area contributed by atoms with Crippen molar-refractivity contribution in [2.75, 3.05) is 30.3 Å². The highest BCUT2D eigenvalue weighted by Gasteiger charge is 2.18. The van der Waals surface area contributed by atoms with Crippen LogP contribution in [0.3, 0.4) is 0 Å². The first kappa shape index (κ1) is 24.4. The summed E-state index contributed by atoms with van der Waals surface area (Å²) in [6.07, 6.45) is 1.71. The van der Waals surface area contributed by atoms with Crippen molar-refractivity contribution in [3.63, 3.8) is 0 Å². The second-order valence-electron chi connectivity index (χ2n) is 7.46. The van der Waals surface area contributed by atoms with Gasteiger partial charge in [0.05, 0.1) is 18.8 Å². The number of carbonyl (C=O) groups excluding carboxylic acids is 2. The number of hydrogen-bond donors (Lipinski definition) is 2. The number of nitrogens with one attached hydrogen (secondary N) is 2. The zero-order valence-corrected chi connectivity index (χ0v) is 18.0. The van der Waals surface area contributed by atoms with Crippen molar-refractivity contribution in [1.29, 1.82) is 0 Å². The van der Waals surface area contributed by atoms with Crippen LogP contribution in [-0.4, -0.2) is 36.3 Å². The maximum absolute atomic E-state index is 13.8. The molecule has 31 heavy (non-hydrogen) atoms. The minimum atomic E-state index is -1.65. The topological polar surface area (TPSA) is 61.4 Å². The van der Waals surface area contributed by atoms with Crippen LogP contribution in [0.5, 0.6) is 0 Å². The molecule has 2 amide bonds. The van der Waals surface area contributed by atoms with Gasteiger partial charge in [-0.1, -0.05) is 32.9 Å². The molecule has 168 valence electrons. The van der Waals surface area contributed by atoms with Gasteiger partial charge in [-0.15, -0.1) is 0 Å². The van der Waals surface area contributed by atoms with Crippen LogP contribution in [0, 0.1) is 17.5 Å². The van der Waals surface area contributed by atoms with E-state index in [1.807, 2.05) is 31.2 Å². The van der Waals surface area contributed by atoms with Gasteiger partial charge in [-0.2, -0.15) is 0 Å². The number of benzene rings is 2. The highest BCUT2D eigenvalue weighted by molar-refractivity contribution is 5.94. The summed E-state index contributed by atoms with van der Waals surface area (Å²) in [5.41, 5.74) is 1.39. The SMILES string of the molecule is CCCN(CC(=O)Nc1ccc(C(C)CC)cc1)CC(=O)Nc1ccc(F)c(F)c1F. The van der Waals surface area contributed by atoms with Crippen molar-refractivity contribution in [3.8, 4) is 0 Å². The number of carbonyl (C=O) groups is 2. The van der Waals surface area contributed by atoms with Gasteiger partial charge < -0.3 is 10.6 Å². The fourth-order valence-electron chi connectivity index (χ4n) is 3.08. The highest BCUT2D eigenvalue weighted by atomic mass is 19.2. The van der Waals surface area contributed by atoms with E-state index in [0.29, 0.717) is 24.6 Å². The molecule has 2 aromatic rings. The van der Waals surface area contributed by atoms with Gasteiger partial charge in [0.15, 0.2) is 17.5 Å². The Kier molecular flexibility index (Phi) is 9.05. The van der Waals surface area contributed by atoms with Crippen molar-refractivity contribution < 1.29 is 22.8 Å². The number of hydrogen-bond acceptors (Lipinski definition) is 3. The van der Waals surface area contributed by atoms with Gasteiger partial charge in [0.2, 0.25) is 11.8 Å². The summed E-state index contributed by atoms with van der Waals surface area (Å²) >= 11 is 0. The minimum absolute atomic E-state index is 0.0470. The van der Waals surface area contributed by atoms with Crippen molar-refractivity contribution in [2.45, 2.75) is 39.5 Å². The molecular formula is C23H28F3N3O2. The third-order valence-corrected chi connectivity index (χ3v) is 4.96. The van der Waals surface area contributed by atoms with Crippen LogP contribution in [0.25, 0.3) is 0 Å². The summed E-state index contributed by atoms with van der Waals surface area (Å²) in [6.45, 7) is 6.34. The van der Waals surface area contributed by atoms with E-state index in [0.717, 1.165) is 18.6 Å². The molecule has 1 atom stereocenters. The van der Waals surface area contributed by atoms with Crippen LogP contribution in [0.15, 0.2) is 36.4 Å². The van der Waals surface area contributed by atoms with Crippen molar-refractivity contribution >= 4 is 23.2 Å². The zero-order valence-electron chi connectivity index (χ0n) is 18.0. The minimum Gasteiger partial charge on any atom is -0.325 e. The van der Waals surface area contributed by atoms with Crippen LogP contribution in [0.4, 0.5) is 24.5 Å². The molecule has 0 aliphatic heterocycles. The van der Waals surface area contributed by atoms with Crippen molar-refractivity contribution in [3.05, 3.63) is 59.4 Å². The number of nitrogens with zero attached hydrogens (tertiary/aromatic N) is 1. The molecule has 2 rings (SSSR count). The lowest BCUT2D eigenvalue weighted by Gasteiger charge is -2.21. The van der Waals surface area contributed by atoms with E-state index in [1.165, 1.54) is 5.56 Å².